The van der Waals surface area contributed by atoms with Gasteiger partial charge >= 0.3 is 5.97 Å². The van der Waals surface area contributed by atoms with Crippen LogP contribution in [0.1, 0.15) is 19.8 Å². The number of carbonyl (C=O) groups is 1. The van der Waals surface area contributed by atoms with Gasteiger partial charge in [-0.2, -0.15) is 0 Å². The van der Waals surface area contributed by atoms with Crippen molar-refractivity contribution in [1.82, 2.24) is 4.90 Å². The maximum atomic E-state index is 11.5. The molecule has 0 aromatic carbocycles. The van der Waals surface area contributed by atoms with E-state index in [-0.39, 0.29) is 17.9 Å². The van der Waals surface area contributed by atoms with E-state index in [1.54, 1.807) is 4.90 Å². The van der Waals surface area contributed by atoms with Crippen molar-refractivity contribution in [3.8, 4) is 0 Å². The van der Waals surface area contributed by atoms with Gasteiger partial charge in [0.05, 0.1) is 24.0 Å². The van der Waals surface area contributed by atoms with Crippen LogP contribution in [0.25, 0.3) is 0 Å². The molecule has 0 spiro atoms. The van der Waals surface area contributed by atoms with Gasteiger partial charge in [-0.25, -0.2) is 8.42 Å². The minimum absolute atomic E-state index is 0.0412. The van der Waals surface area contributed by atoms with E-state index in [1.165, 1.54) is 0 Å². The molecular weight excluding hydrogens is 246 g/mol. The van der Waals surface area contributed by atoms with Crippen molar-refractivity contribution >= 4 is 15.8 Å². The fourth-order valence-electron chi connectivity index (χ4n) is 1.95. The summed E-state index contributed by atoms with van der Waals surface area (Å²) in [5, 5.41) is 18.3. The predicted octanol–water partition coefficient (Wildman–Crippen LogP) is -0.669. The van der Waals surface area contributed by atoms with Crippen LogP contribution >= 0.6 is 0 Å². The molecule has 2 atom stereocenters. The van der Waals surface area contributed by atoms with Gasteiger partial charge in [-0.05, 0) is 6.42 Å². The molecule has 0 aromatic heterocycles. The van der Waals surface area contributed by atoms with Crippen molar-refractivity contribution < 1.29 is 23.4 Å². The number of carboxylic acids is 1. The smallest absolute Gasteiger partial charge is 0.304 e. The van der Waals surface area contributed by atoms with Gasteiger partial charge in [0.15, 0.2) is 9.84 Å². The third kappa shape index (κ3) is 4.61. The Bertz CT molecular complexity index is 367. The Labute approximate surface area is 101 Å². The maximum absolute atomic E-state index is 11.5. The molecule has 0 bridgehead atoms. The summed E-state index contributed by atoms with van der Waals surface area (Å²) in [6.45, 7) is 2.47. The lowest BCUT2D eigenvalue weighted by Crippen LogP contribution is -2.51. The first kappa shape index (κ1) is 14.4. The summed E-state index contributed by atoms with van der Waals surface area (Å²) in [4.78, 5) is 12.5. The van der Waals surface area contributed by atoms with Crippen molar-refractivity contribution in [2.75, 3.05) is 24.6 Å². The van der Waals surface area contributed by atoms with Gasteiger partial charge in [-0.15, -0.1) is 0 Å². The molecule has 0 radical (unpaired) electrons. The van der Waals surface area contributed by atoms with E-state index < -0.39 is 28.0 Å². The average Bonchev–Trinajstić information content (AvgIpc) is 2.20. The molecule has 2 N–H and O–H groups in total. The first-order chi connectivity index (χ1) is 7.84. The van der Waals surface area contributed by atoms with Crippen LogP contribution in [0.2, 0.25) is 0 Å². The molecule has 0 aliphatic carbocycles. The number of carboxylic acid groups (broad SMARTS) is 1. The molecule has 100 valence electrons. The normalized spacial score (nSPS) is 26.6. The highest BCUT2D eigenvalue weighted by Gasteiger charge is 2.33. The van der Waals surface area contributed by atoms with E-state index in [0.717, 1.165) is 0 Å². The summed E-state index contributed by atoms with van der Waals surface area (Å²) in [5.74, 6) is -1.10. The first-order valence-corrected chi connectivity index (χ1v) is 7.50. The number of rotatable bonds is 5. The second-order valence-corrected chi connectivity index (χ2v) is 6.65. The van der Waals surface area contributed by atoms with Crippen molar-refractivity contribution in [1.29, 1.82) is 0 Å². The lowest BCUT2D eigenvalue weighted by Gasteiger charge is -2.35. The fraction of sp³-hybridized carbons (Fsp3) is 0.900. The SMILES string of the molecule is CCC(O)CN1CCS(=O)(=O)CC1CC(=O)O. The summed E-state index contributed by atoms with van der Waals surface area (Å²) >= 11 is 0. The zero-order chi connectivity index (χ0) is 13.1. The van der Waals surface area contributed by atoms with Gasteiger partial charge < -0.3 is 10.2 Å². The van der Waals surface area contributed by atoms with Gasteiger partial charge in [-0.1, -0.05) is 6.92 Å². The highest BCUT2D eigenvalue weighted by molar-refractivity contribution is 7.91. The summed E-state index contributed by atoms with van der Waals surface area (Å²) in [6.07, 6.45) is -0.161. The van der Waals surface area contributed by atoms with Crippen LogP contribution < -0.4 is 0 Å². The highest BCUT2D eigenvalue weighted by Crippen LogP contribution is 2.15. The molecule has 1 rings (SSSR count). The summed E-state index contributed by atoms with van der Waals surface area (Å²) in [5.41, 5.74) is 0. The van der Waals surface area contributed by atoms with E-state index in [1.807, 2.05) is 6.92 Å². The van der Waals surface area contributed by atoms with Crippen LogP contribution in [0.3, 0.4) is 0 Å². The average molecular weight is 265 g/mol. The van der Waals surface area contributed by atoms with Gasteiger partial charge in [0.1, 0.15) is 0 Å². The lowest BCUT2D eigenvalue weighted by molar-refractivity contribution is -0.138. The van der Waals surface area contributed by atoms with Crippen LogP contribution in [-0.4, -0.2) is 66.2 Å². The van der Waals surface area contributed by atoms with Gasteiger partial charge in [0, 0.05) is 19.1 Å². The third-order valence-electron chi connectivity index (χ3n) is 2.98. The van der Waals surface area contributed by atoms with Crippen molar-refractivity contribution in [3.05, 3.63) is 0 Å². The standard InChI is InChI=1S/C10H19NO5S/c1-2-9(12)6-11-3-4-17(15,16)7-8(11)5-10(13)14/h8-9,12H,2-7H2,1H3,(H,13,14). The number of β-amino-alcohol motifs (C(OH)–C–C–N with tert-alkyl or cyclic N) is 1. The van der Waals surface area contributed by atoms with E-state index >= 15 is 0 Å². The summed E-state index contributed by atoms with van der Waals surface area (Å²) in [7, 11) is -3.14. The van der Waals surface area contributed by atoms with E-state index in [0.29, 0.717) is 19.5 Å². The Morgan fingerprint density at radius 2 is 2.18 bits per heavy atom. The van der Waals surface area contributed by atoms with Crippen LogP contribution in [0, 0.1) is 0 Å². The number of hydrogen-bond donors (Lipinski definition) is 2. The molecule has 0 amide bonds. The quantitative estimate of drug-likeness (QED) is 0.684. The summed E-state index contributed by atoms with van der Waals surface area (Å²) < 4.78 is 22.9. The zero-order valence-electron chi connectivity index (χ0n) is 9.87. The number of hydrogen-bond acceptors (Lipinski definition) is 5. The molecule has 1 saturated heterocycles. The molecule has 1 aliphatic rings. The second-order valence-electron chi connectivity index (χ2n) is 4.42. The third-order valence-corrected chi connectivity index (χ3v) is 4.68. The van der Waals surface area contributed by atoms with Crippen molar-refractivity contribution in [2.24, 2.45) is 0 Å². The minimum Gasteiger partial charge on any atom is -0.481 e. The predicted molar refractivity (Wildman–Crippen MR) is 62.6 cm³/mol. The van der Waals surface area contributed by atoms with Crippen LogP contribution in [-0.2, 0) is 14.6 Å². The largest absolute Gasteiger partial charge is 0.481 e. The zero-order valence-corrected chi connectivity index (χ0v) is 10.7. The number of aliphatic hydroxyl groups excluding tert-OH is 1. The van der Waals surface area contributed by atoms with E-state index in [9.17, 15) is 18.3 Å². The highest BCUT2D eigenvalue weighted by atomic mass is 32.2. The lowest BCUT2D eigenvalue weighted by atomic mass is 10.1. The maximum Gasteiger partial charge on any atom is 0.304 e. The number of sulfone groups is 1. The Kier molecular flexibility index (Phi) is 4.91. The Hall–Kier alpha value is -0.660. The van der Waals surface area contributed by atoms with Gasteiger partial charge in [0.2, 0.25) is 0 Å². The molecule has 0 saturated carbocycles. The molecule has 2 unspecified atom stereocenters. The number of aliphatic carboxylic acids is 1. The van der Waals surface area contributed by atoms with E-state index in [4.69, 9.17) is 5.11 Å². The van der Waals surface area contributed by atoms with Crippen LogP contribution in [0.5, 0.6) is 0 Å². The molecule has 1 fully saturated rings. The topological polar surface area (TPSA) is 94.9 Å². The van der Waals surface area contributed by atoms with Gasteiger partial charge in [-0.3, -0.25) is 9.69 Å². The molecule has 6 nitrogen and oxygen atoms in total. The summed E-state index contributed by atoms with van der Waals surface area (Å²) in [6, 6.07) is -0.521. The molecular formula is C10H19NO5S. The Morgan fingerprint density at radius 1 is 1.53 bits per heavy atom. The number of aliphatic hydroxyl groups is 1. The Balaban J connectivity index is 2.70. The van der Waals surface area contributed by atoms with Crippen LogP contribution in [0.15, 0.2) is 0 Å². The minimum atomic E-state index is -3.14. The van der Waals surface area contributed by atoms with E-state index in [2.05, 4.69) is 0 Å². The molecule has 7 heteroatoms. The molecule has 1 heterocycles. The molecule has 17 heavy (non-hydrogen) atoms. The molecule has 1 aliphatic heterocycles. The number of nitrogens with zero attached hydrogens (tertiary/aromatic N) is 1. The van der Waals surface area contributed by atoms with Gasteiger partial charge in [0.25, 0.3) is 0 Å². The monoisotopic (exact) mass is 265 g/mol. The van der Waals surface area contributed by atoms with Crippen LogP contribution in [0.4, 0.5) is 0 Å². The Morgan fingerprint density at radius 3 is 2.71 bits per heavy atom. The van der Waals surface area contributed by atoms with Crippen molar-refractivity contribution in [3.63, 3.8) is 0 Å². The first-order valence-electron chi connectivity index (χ1n) is 5.68. The fourth-order valence-corrected chi connectivity index (χ4v) is 3.54. The molecule has 0 aromatic rings. The second kappa shape index (κ2) is 5.79. The van der Waals surface area contributed by atoms with Crippen molar-refractivity contribution in [2.45, 2.75) is 31.9 Å².